The second-order valence-electron chi connectivity index (χ2n) is 3.20. The third kappa shape index (κ3) is 2.74. The van der Waals surface area contributed by atoms with Crippen molar-refractivity contribution in [3.05, 3.63) is 29.3 Å². The molecule has 4 heteroatoms. The summed E-state index contributed by atoms with van der Waals surface area (Å²) in [5.74, 6) is 4.93. The van der Waals surface area contributed by atoms with Crippen LogP contribution < -0.4 is 11.3 Å². The lowest BCUT2D eigenvalue weighted by atomic mass is 10.1. The van der Waals surface area contributed by atoms with Crippen LogP contribution in [0.3, 0.4) is 0 Å². The number of carbonyl (C=O) groups is 1. The number of amides is 1. The number of phenols is 1. The van der Waals surface area contributed by atoms with E-state index in [1.807, 2.05) is 24.5 Å². The molecule has 0 aliphatic rings. The molecule has 0 aromatic heterocycles. The Morgan fingerprint density at radius 2 is 2.29 bits per heavy atom. The van der Waals surface area contributed by atoms with Crippen molar-refractivity contribution in [2.75, 3.05) is 0 Å². The van der Waals surface area contributed by atoms with Gasteiger partial charge in [0.1, 0.15) is 5.75 Å². The van der Waals surface area contributed by atoms with E-state index in [-0.39, 0.29) is 18.1 Å². The van der Waals surface area contributed by atoms with Crippen LogP contribution in [-0.2, 0) is 11.2 Å². The molecular weight excluding hydrogens is 180 g/mol. The molecule has 1 aromatic rings. The van der Waals surface area contributed by atoms with Gasteiger partial charge in [0.05, 0.1) is 0 Å². The summed E-state index contributed by atoms with van der Waals surface area (Å²) in [7, 11) is 0. The predicted octanol–water partition coefficient (Wildman–Crippen LogP) is 0.623. The molecule has 4 nitrogen and oxygen atoms in total. The average Bonchev–Trinajstić information content (AvgIpc) is 2.19. The second kappa shape index (κ2) is 4.62. The van der Waals surface area contributed by atoms with Crippen molar-refractivity contribution in [1.29, 1.82) is 0 Å². The number of carbonyl (C=O) groups excluding carboxylic acids is 1. The summed E-state index contributed by atoms with van der Waals surface area (Å²) in [5, 5.41) is 9.46. The van der Waals surface area contributed by atoms with Crippen molar-refractivity contribution in [1.82, 2.24) is 5.43 Å². The summed E-state index contributed by atoms with van der Waals surface area (Å²) >= 11 is 0. The number of hydrazine groups is 1. The third-order valence-corrected chi connectivity index (χ3v) is 2.02. The number of benzene rings is 1. The fraction of sp³-hybridized carbons (Fsp3) is 0.300. The van der Waals surface area contributed by atoms with Gasteiger partial charge in [-0.1, -0.05) is 17.7 Å². The molecule has 0 radical (unpaired) electrons. The number of nitrogens with one attached hydrogen (secondary N) is 1. The number of phenolic OH excluding ortho intramolecular Hbond substituents is 1. The van der Waals surface area contributed by atoms with E-state index in [0.717, 1.165) is 11.1 Å². The standard InChI is InChI=1S/C10H14N2O2/c1-7-2-4-9(13)8(6-7)3-5-10(14)12-11/h2,4,6,13H,3,5,11H2,1H3,(H,12,14). The molecule has 0 unspecified atom stereocenters. The van der Waals surface area contributed by atoms with Crippen LogP contribution in [0.2, 0.25) is 0 Å². The quantitative estimate of drug-likeness (QED) is 0.375. The van der Waals surface area contributed by atoms with Crippen molar-refractivity contribution in [2.45, 2.75) is 19.8 Å². The highest BCUT2D eigenvalue weighted by atomic mass is 16.3. The maximum Gasteiger partial charge on any atom is 0.234 e. The Morgan fingerprint density at radius 1 is 1.57 bits per heavy atom. The first-order valence-corrected chi connectivity index (χ1v) is 4.41. The summed E-state index contributed by atoms with van der Waals surface area (Å²) < 4.78 is 0. The van der Waals surface area contributed by atoms with Gasteiger partial charge in [-0.05, 0) is 25.0 Å². The third-order valence-electron chi connectivity index (χ3n) is 2.02. The number of aryl methyl sites for hydroxylation is 2. The molecule has 1 amide bonds. The molecule has 0 heterocycles. The SMILES string of the molecule is Cc1ccc(O)c(CCC(=O)NN)c1. The molecule has 76 valence electrons. The highest BCUT2D eigenvalue weighted by molar-refractivity contribution is 5.75. The summed E-state index contributed by atoms with van der Waals surface area (Å²) in [5.41, 5.74) is 3.88. The largest absolute Gasteiger partial charge is 0.508 e. The van der Waals surface area contributed by atoms with Crippen LogP contribution in [0.5, 0.6) is 5.75 Å². The number of rotatable bonds is 3. The Kier molecular flexibility index (Phi) is 3.48. The lowest BCUT2D eigenvalue weighted by Crippen LogP contribution is -2.30. The highest BCUT2D eigenvalue weighted by Gasteiger charge is 2.04. The summed E-state index contributed by atoms with van der Waals surface area (Å²) in [6, 6.07) is 5.31. The van der Waals surface area contributed by atoms with Gasteiger partial charge in [-0.2, -0.15) is 0 Å². The minimum absolute atomic E-state index is 0.223. The molecule has 4 N–H and O–H groups in total. The Morgan fingerprint density at radius 3 is 2.93 bits per heavy atom. The van der Waals surface area contributed by atoms with Gasteiger partial charge in [0, 0.05) is 6.42 Å². The van der Waals surface area contributed by atoms with Gasteiger partial charge in [0.2, 0.25) is 5.91 Å². The molecule has 0 saturated heterocycles. The van der Waals surface area contributed by atoms with Crippen LogP contribution in [0.15, 0.2) is 18.2 Å². The van der Waals surface area contributed by atoms with E-state index in [1.54, 1.807) is 6.07 Å². The molecule has 0 bridgehead atoms. The topological polar surface area (TPSA) is 75.3 Å². The van der Waals surface area contributed by atoms with Crippen molar-refractivity contribution in [3.63, 3.8) is 0 Å². The number of aromatic hydroxyl groups is 1. The Labute approximate surface area is 82.7 Å². The van der Waals surface area contributed by atoms with Gasteiger partial charge >= 0.3 is 0 Å². The van der Waals surface area contributed by atoms with E-state index >= 15 is 0 Å². The van der Waals surface area contributed by atoms with E-state index in [1.165, 1.54) is 0 Å². The smallest absolute Gasteiger partial charge is 0.234 e. The fourth-order valence-corrected chi connectivity index (χ4v) is 1.23. The summed E-state index contributed by atoms with van der Waals surface area (Å²) in [6.07, 6.45) is 0.782. The highest BCUT2D eigenvalue weighted by Crippen LogP contribution is 2.19. The maximum atomic E-state index is 10.9. The zero-order chi connectivity index (χ0) is 10.6. The first-order valence-electron chi connectivity index (χ1n) is 4.41. The van der Waals surface area contributed by atoms with Crippen LogP contribution in [0.4, 0.5) is 0 Å². The van der Waals surface area contributed by atoms with Crippen molar-refractivity contribution >= 4 is 5.91 Å². The Balaban J connectivity index is 2.66. The fourth-order valence-electron chi connectivity index (χ4n) is 1.23. The van der Waals surface area contributed by atoms with Gasteiger partial charge in [0.25, 0.3) is 0 Å². The van der Waals surface area contributed by atoms with E-state index in [0.29, 0.717) is 6.42 Å². The average molecular weight is 194 g/mol. The van der Waals surface area contributed by atoms with Crippen LogP contribution in [0, 0.1) is 6.92 Å². The number of hydrogen-bond donors (Lipinski definition) is 3. The van der Waals surface area contributed by atoms with Gasteiger partial charge in [-0.25, -0.2) is 5.84 Å². The minimum Gasteiger partial charge on any atom is -0.508 e. The lowest BCUT2D eigenvalue weighted by Gasteiger charge is -2.04. The molecule has 0 aliphatic carbocycles. The van der Waals surface area contributed by atoms with E-state index < -0.39 is 0 Å². The zero-order valence-electron chi connectivity index (χ0n) is 8.08. The van der Waals surface area contributed by atoms with Crippen LogP contribution in [-0.4, -0.2) is 11.0 Å². The molecule has 0 saturated carbocycles. The predicted molar refractivity (Wildman–Crippen MR) is 53.5 cm³/mol. The molecule has 0 spiro atoms. The minimum atomic E-state index is -0.231. The lowest BCUT2D eigenvalue weighted by molar-refractivity contribution is -0.121. The molecular formula is C10H14N2O2. The van der Waals surface area contributed by atoms with Crippen molar-refractivity contribution in [2.24, 2.45) is 5.84 Å². The molecule has 14 heavy (non-hydrogen) atoms. The summed E-state index contributed by atoms with van der Waals surface area (Å²) in [4.78, 5) is 10.9. The second-order valence-corrected chi connectivity index (χ2v) is 3.20. The van der Waals surface area contributed by atoms with E-state index in [2.05, 4.69) is 0 Å². The number of hydrogen-bond acceptors (Lipinski definition) is 3. The first kappa shape index (κ1) is 10.5. The maximum absolute atomic E-state index is 10.9. The van der Waals surface area contributed by atoms with E-state index in [4.69, 9.17) is 5.84 Å². The first-order chi connectivity index (χ1) is 6.63. The van der Waals surface area contributed by atoms with Crippen molar-refractivity contribution in [3.8, 4) is 5.75 Å². The van der Waals surface area contributed by atoms with Gasteiger partial charge in [-0.3, -0.25) is 10.2 Å². The monoisotopic (exact) mass is 194 g/mol. The molecule has 1 aromatic carbocycles. The number of nitrogens with two attached hydrogens (primary N) is 1. The van der Waals surface area contributed by atoms with Gasteiger partial charge in [0.15, 0.2) is 0 Å². The van der Waals surface area contributed by atoms with Gasteiger partial charge < -0.3 is 5.11 Å². The Hall–Kier alpha value is -1.55. The zero-order valence-corrected chi connectivity index (χ0v) is 8.08. The van der Waals surface area contributed by atoms with Crippen LogP contribution in [0.1, 0.15) is 17.5 Å². The molecule has 0 atom stereocenters. The van der Waals surface area contributed by atoms with Gasteiger partial charge in [-0.15, -0.1) is 0 Å². The normalized spacial score (nSPS) is 9.86. The van der Waals surface area contributed by atoms with E-state index in [9.17, 15) is 9.90 Å². The van der Waals surface area contributed by atoms with Crippen LogP contribution >= 0.6 is 0 Å². The molecule has 0 aliphatic heterocycles. The van der Waals surface area contributed by atoms with Crippen molar-refractivity contribution < 1.29 is 9.90 Å². The Bertz CT molecular complexity index is 337. The molecule has 1 rings (SSSR count). The molecule has 0 fully saturated rings. The summed E-state index contributed by atoms with van der Waals surface area (Å²) in [6.45, 7) is 1.94. The van der Waals surface area contributed by atoms with Crippen LogP contribution in [0.25, 0.3) is 0 Å².